The summed E-state index contributed by atoms with van der Waals surface area (Å²) in [6, 6.07) is 0.727. The van der Waals surface area contributed by atoms with Crippen molar-refractivity contribution in [2.75, 3.05) is 18.6 Å². The topological polar surface area (TPSA) is 234 Å². The summed E-state index contributed by atoms with van der Waals surface area (Å²) in [6.45, 7) is 0.359. The van der Waals surface area contributed by atoms with Gasteiger partial charge in [-0.15, -0.1) is 0 Å². The van der Waals surface area contributed by atoms with E-state index in [2.05, 4.69) is 16.0 Å². The van der Waals surface area contributed by atoms with E-state index >= 15 is 0 Å². The summed E-state index contributed by atoms with van der Waals surface area (Å²) in [5.74, 6) is -4.56. The van der Waals surface area contributed by atoms with E-state index in [9.17, 15) is 39.3 Å². The fourth-order valence-electron chi connectivity index (χ4n) is 3.41. The molecule has 212 valence electrons. The molecule has 0 aliphatic heterocycles. The van der Waals surface area contributed by atoms with Gasteiger partial charge in [-0.3, -0.25) is 19.2 Å². The molecule has 38 heavy (non-hydrogen) atoms. The molecule has 0 bridgehead atoms. The average Bonchev–Trinajstić information content (AvgIpc) is 2.86. The minimum atomic E-state index is -1.53. The van der Waals surface area contributed by atoms with Gasteiger partial charge in [0, 0.05) is 6.42 Å². The number of amides is 3. The predicted molar refractivity (Wildman–Crippen MR) is 141 cm³/mol. The number of rotatable bonds is 18. The monoisotopic (exact) mass is 555 g/mol. The summed E-state index contributed by atoms with van der Waals surface area (Å²) in [7, 11) is 0. The maximum atomic E-state index is 13.1. The largest absolute Gasteiger partial charge is 0.508 e. The van der Waals surface area contributed by atoms with Crippen molar-refractivity contribution in [3.8, 4) is 5.75 Å². The molecule has 4 unspecified atom stereocenters. The zero-order valence-electron chi connectivity index (χ0n) is 21.2. The summed E-state index contributed by atoms with van der Waals surface area (Å²) in [5, 5.41) is 35.5. The number of carbonyl (C=O) groups excluding carboxylic acids is 3. The first kappa shape index (κ1) is 32.7. The van der Waals surface area contributed by atoms with Crippen molar-refractivity contribution in [3.63, 3.8) is 0 Å². The molecule has 3 amide bonds. The van der Waals surface area contributed by atoms with E-state index in [4.69, 9.17) is 11.5 Å². The molecular weight excluding hydrogens is 518 g/mol. The van der Waals surface area contributed by atoms with Crippen molar-refractivity contribution in [1.82, 2.24) is 16.0 Å². The maximum Gasteiger partial charge on any atom is 0.326 e. The first-order chi connectivity index (χ1) is 18.0. The van der Waals surface area contributed by atoms with E-state index in [1.807, 2.05) is 6.26 Å². The number of carbonyl (C=O) groups is 5. The molecule has 13 nitrogen and oxygen atoms in total. The number of thioether (sulfide) groups is 1. The minimum Gasteiger partial charge on any atom is -0.508 e. The number of aromatic hydroxyl groups is 1. The Bertz CT molecular complexity index is 946. The van der Waals surface area contributed by atoms with Gasteiger partial charge in [0.05, 0.1) is 12.5 Å². The van der Waals surface area contributed by atoms with Gasteiger partial charge in [-0.1, -0.05) is 12.1 Å². The summed E-state index contributed by atoms with van der Waals surface area (Å²) < 4.78 is 0. The average molecular weight is 556 g/mol. The van der Waals surface area contributed by atoms with Crippen molar-refractivity contribution in [2.24, 2.45) is 11.5 Å². The molecule has 1 rings (SSSR count). The van der Waals surface area contributed by atoms with Crippen LogP contribution < -0.4 is 27.4 Å². The third kappa shape index (κ3) is 12.3. The first-order valence-corrected chi connectivity index (χ1v) is 13.5. The Morgan fingerprint density at radius 3 is 2.00 bits per heavy atom. The lowest BCUT2D eigenvalue weighted by atomic mass is 10.0. The van der Waals surface area contributed by atoms with Crippen LogP contribution in [0.15, 0.2) is 24.3 Å². The third-order valence-corrected chi connectivity index (χ3v) is 6.20. The van der Waals surface area contributed by atoms with Crippen LogP contribution in [0.4, 0.5) is 0 Å². The molecular formula is C24H37N5O8S. The molecule has 0 aliphatic rings. The van der Waals surface area contributed by atoms with Crippen molar-refractivity contribution in [1.29, 1.82) is 0 Å². The molecule has 1 aromatic carbocycles. The number of benzene rings is 1. The van der Waals surface area contributed by atoms with Gasteiger partial charge in [0.15, 0.2) is 0 Å². The normalized spacial score (nSPS) is 14.0. The van der Waals surface area contributed by atoms with Crippen LogP contribution in [0, 0.1) is 0 Å². The number of carboxylic acid groups (broad SMARTS) is 2. The lowest BCUT2D eigenvalue weighted by molar-refractivity contribution is -0.143. The van der Waals surface area contributed by atoms with Crippen molar-refractivity contribution in [2.45, 2.75) is 62.7 Å². The van der Waals surface area contributed by atoms with Crippen molar-refractivity contribution in [3.05, 3.63) is 29.8 Å². The van der Waals surface area contributed by atoms with E-state index in [0.717, 1.165) is 0 Å². The zero-order chi connectivity index (χ0) is 28.7. The van der Waals surface area contributed by atoms with Crippen LogP contribution in [0.2, 0.25) is 0 Å². The molecule has 0 saturated carbocycles. The zero-order valence-corrected chi connectivity index (χ0v) is 22.0. The van der Waals surface area contributed by atoms with Gasteiger partial charge in [0.2, 0.25) is 17.7 Å². The van der Waals surface area contributed by atoms with Crippen LogP contribution in [0.3, 0.4) is 0 Å². The van der Waals surface area contributed by atoms with Crippen LogP contribution in [0.1, 0.15) is 37.7 Å². The van der Waals surface area contributed by atoms with E-state index in [0.29, 0.717) is 37.1 Å². The highest BCUT2D eigenvalue weighted by Crippen LogP contribution is 2.12. The highest BCUT2D eigenvalue weighted by atomic mass is 32.2. The number of aliphatic carboxylic acids is 2. The molecule has 0 aliphatic carbocycles. The van der Waals surface area contributed by atoms with Gasteiger partial charge in [0.1, 0.15) is 23.9 Å². The molecule has 0 heterocycles. The summed E-state index contributed by atoms with van der Waals surface area (Å²) in [5.41, 5.74) is 11.8. The maximum absolute atomic E-state index is 13.1. The lowest BCUT2D eigenvalue weighted by Crippen LogP contribution is -2.58. The van der Waals surface area contributed by atoms with Crippen LogP contribution in [-0.4, -0.2) is 87.7 Å². The van der Waals surface area contributed by atoms with E-state index < -0.39 is 60.2 Å². The van der Waals surface area contributed by atoms with Crippen LogP contribution in [0.5, 0.6) is 5.75 Å². The summed E-state index contributed by atoms with van der Waals surface area (Å²) >= 11 is 1.47. The van der Waals surface area contributed by atoms with Crippen molar-refractivity contribution >= 4 is 41.4 Å². The highest BCUT2D eigenvalue weighted by molar-refractivity contribution is 7.98. The number of carboxylic acids is 2. The van der Waals surface area contributed by atoms with Gasteiger partial charge in [-0.2, -0.15) is 11.8 Å². The number of phenols is 1. The second-order valence-electron chi connectivity index (χ2n) is 8.66. The number of hydrogen-bond acceptors (Lipinski definition) is 9. The van der Waals surface area contributed by atoms with Gasteiger partial charge >= 0.3 is 11.9 Å². The molecule has 0 spiro atoms. The number of unbranched alkanes of at least 4 members (excludes halogenated alkanes) is 1. The molecule has 1 aromatic rings. The quantitative estimate of drug-likeness (QED) is 0.104. The third-order valence-electron chi connectivity index (χ3n) is 5.55. The smallest absolute Gasteiger partial charge is 0.326 e. The fourth-order valence-corrected chi connectivity index (χ4v) is 3.90. The second-order valence-corrected chi connectivity index (χ2v) is 9.65. The Kier molecular flexibility index (Phi) is 14.8. The number of hydrogen-bond donors (Lipinski definition) is 8. The van der Waals surface area contributed by atoms with Crippen molar-refractivity contribution < 1.29 is 39.3 Å². The van der Waals surface area contributed by atoms with E-state index in [-0.39, 0.29) is 18.6 Å². The first-order valence-electron chi connectivity index (χ1n) is 12.1. The van der Waals surface area contributed by atoms with Crippen LogP contribution >= 0.6 is 11.8 Å². The summed E-state index contributed by atoms with van der Waals surface area (Å²) in [4.78, 5) is 61.7. The van der Waals surface area contributed by atoms with Gasteiger partial charge < -0.3 is 42.7 Å². The number of nitrogens with one attached hydrogen (secondary N) is 3. The molecule has 4 atom stereocenters. The summed E-state index contributed by atoms with van der Waals surface area (Å²) in [6.07, 6.45) is 2.39. The molecule has 14 heteroatoms. The van der Waals surface area contributed by atoms with E-state index in [1.54, 1.807) is 0 Å². The number of nitrogens with two attached hydrogens (primary N) is 2. The lowest BCUT2D eigenvalue weighted by Gasteiger charge is -2.25. The Hall–Kier alpha value is -3.36. The fraction of sp³-hybridized carbons (Fsp3) is 0.542. The minimum absolute atomic E-state index is 0.0216. The molecule has 0 saturated heterocycles. The Morgan fingerprint density at radius 2 is 1.45 bits per heavy atom. The Balaban J connectivity index is 3.12. The standard InChI is InChI=1S/C24H37N5O8S/c1-38-11-9-16(26)21(33)28-19(13-20(31)32)23(35)29-18(12-14-5-7-15(30)8-6-14)22(34)27-17(24(36)37)4-2-3-10-25/h5-8,16-19,30H,2-4,9-13,25-26H2,1H3,(H,27,34)(H,28,33)(H,29,35)(H,31,32)(H,36,37). The Labute approximate surface area is 225 Å². The SMILES string of the molecule is CSCCC(N)C(=O)NC(CC(=O)O)C(=O)NC(Cc1ccc(O)cc1)C(=O)NC(CCCCN)C(=O)O. The van der Waals surface area contributed by atoms with E-state index in [1.165, 1.54) is 36.0 Å². The molecule has 0 fully saturated rings. The highest BCUT2D eigenvalue weighted by Gasteiger charge is 2.31. The van der Waals surface area contributed by atoms with Crippen LogP contribution in [-0.2, 0) is 30.4 Å². The van der Waals surface area contributed by atoms with Crippen LogP contribution in [0.25, 0.3) is 0 Å². The molecule has 0 radical (unpaired) electrons. The Morgan fingerprint density at radius 1 is 0.868 bits per heavy atom. The number of phenolic OH excluding ortho intramolecular Hbond substituents is 1. The molecule has 0 aromatic heterocycles. The second kappa shape index (κ2) is 17.2. The van der Waals surface area contributed by atoms with Gasteiger partial charge in [-0.05, 0) is 61.9 Å². The van der Waals surface area contributed by atoms with Gasteiger partial charge in [0.25, 0.3) is 0 Å². The molecule has 10 N–H and O–H groups in total. The van der Waals surface area contributed by atoms with Gasteiger partial charge in [-0.25, -0.2) is 4.79 Å². The predicted octanol–water partition coefficient (Wildman–Crippen LogP) is -0.842.